The summed E-state index contributed by atoms with van der Waals surface area (Å²) in [7, 11) is -3.72. The highest BCUT2D eigenvalue weighted by Crippen LogP contribution is 2.25. The summed E-state index contributed by atoms with van der Waals surface area (Å²) in [5.41, 5.74) is 2.60. The summed E-state index contributed by atoms with van der Waals surface area (Å²) in [4.78, 5) is 26.4. The minimum absolute atomic E-state index is 0.0621. The van der Waals surface area contributed by atoms with Crippen molar-refractivity contribution in [2.45, 2.75) is 18.7 Å². The number of piperazine rings is 1. The largest absolute Gasteiger partial charge is 0.343 e. The Hall–Kier alpha value is -2.42. The maximum absolute atomic E-state index is 12.8. The van der Waals surface area contributed by atoms with Gasteiger partial charge in [-0.1, -0.05) is 29.8 Å². The van der Waals surface area contributed by atoms with E-state index in [4.69, 9.17) is 11.6 Å². The van der Waals surface area contributed by atoms with Crippen molar-refractivity contribution in [3.05, 3.63) is 64.2 Å². The first kappa shape index (κ1) is 22.3. The van der Waals surface area contributed by atoms with Crippen LogP contribution in [0, 0.1) is 13.8 Å². The minimum Gasteiger partial charge on any atom is -0.343 e. The summed E-state index contributed by atoms with van der Waals surface area (Å²) in [6.07, 6.45) is 0. The molecule has 1 N–H and O–H groups in total. The van der Waals surface area contributed by atoms with Gasteiger partial charge in [-0.25, -0.2) is 8.42 Å². The molecule has 0 bridgehead atoms. The number of nitrogens with zero attached hydrogens (tertiary/aromatic N) is 2. The van der Waals surface area contributed by atoms with Gasteiger partial charge in [-0.2, -0.15) is 4.31 Å². The Balaban J connectivity index is 1.54. The number of carbonyl (C=O) groups excluding carboxylic acids is 2. The van der Waals surface area contributed by atoms with E-state index in [9.17, 15) is 18.0 Å². The monoisotopic (exact) mass is 449 g/mol. The van der Waals surface area contributed by atoms with Crippen molar-refractivity contribution in [3.63, 3.8) is 0 Å². The Morgan fingerprint density at radius 1 is 1.00 bits per heavy atom. The predicted molar refractivity (Wildman–Crippen MR) is 115 cm³/mol. The number of hydrogen-bond acceptors (Lipinski definition) is 4. The van der Waals surface area contributed by atoms with Crippen LogP contribution in [-0.2, 0) is 14.8 Å². The van der Waals surface area contributed by atoms with Crippen LogP contribution >= 0.6 is 11.6 Å². The zero-order valence-electron chi connectivity index (χ0n) is 16.9. The zero-order valence-corrected chi connectivity index (χ0v) is 18.5. The zero-order chi connectivity index (χ0) is 21.9. The number of aryl methyl sites for hydroxylation is 2. The number of rotatable bonds is 5. The van der Waals surface area contributed by atoms with E-state index in [-0.39, 0.29) is 54.5 Å². The fraction of sp³-hybridized carbons (Fsp3) is 0.333. The van der Waals surface area contributed by atoms with E-state index < -0.39 is 10.0 Å². The lowest BCUT2D eigenvalue weighted by molar-refractivity contribution is -0.131. The standard InChI is InChI=1S/C21H24ClN3O4S/c1-15-7-8-17(13-16(15)2)21(27)23-14-20(26)24-9-11-25(12-10-24)30(28,29)19-6-4-3-5-18(19)22/h3-8,13H,9-12,14H2,1-2H3,(H,23,27). The normalized spacial score (nSPS) is 15.1. The second-order valence-electron chi connectivity index (χ2n) is 7.20. The van der Waals surface area contributed by atoms with Gasteiger partial charge in [0.1, 0.15) is 4.90 Å². The second kappa shape index (κ2) is 9.16. The third kappa shape index (κ3) is 4.83. The van der Waals surface area contributed by atoms with Crippen molar-refractivity contribution >= 4 is 33.4 Å². The molecule has 0 saturated carbocycles. The van der Waals surface area contributed by atoms with Gasteiger partial charge in [-0.3, -0.25) is 9.59 Å². The van der Waals surface area contributed by atoms with Gasteiger partial charge in [-0.15, -0.1) is 0 Å². The number of hydrogen-bond donors (Lipinski definition) is 1. The first-order chi connectivity index (χ1) is 14.2. The van der Waals surface area contributed by atoms with Crippen LogP contribution in [0.15, 0.2) is 47.4 Å². The first-order valence-electron chi connectivity index (χ1n) is 9.58. The average Bonchev–Trinajstić information content (AvgIpc) is 2.74. The molecular weight excluding hydrogens is 426 g/mol. The fourth-order valence-corrected chi connectivity index (χ4v) is 5.14. The summed E-state index contributed by atoms with van der Waals surface area (Å²) in [5.74, 6) is -0.562. The summed E-state index contributed by atoms with van der Waals surface area (Å²) in [6.45, 7) is 4.60. The molecule has 0 aliphatic carbocycles. The fourth-order valence-electron chi connectivity index (χ4n) is 3.22. The maximum atomic E-state index is 12.8. The highest BCUT2D eigenvalue weighted by molar-refractivity contribution is 7.89. The smallest absolute Gasteiger partial charge is 0.251 e. The number of benzene rings is 2. The highest BCUT2D eigenvalue weighted by Gasteiger charge is 2.31. The van der Waals surface area contributed by atoms with Gasteiger partial charge in [-0.05, 0) is 49.2 Å². The highest BCUT2D eigenvalue weighted by atomic mass is 35.5. The number of halogens is 1. The van der Waals surface area contributed by atoms with E-state index >= 15 is 0 Å². The number of sulfonamides is 1. The van der Waals surface area contributed by atoms with E-state index in [0.29, 0.717) is 5.56 Å². The quantitative estimate of drug-likeness (QED) is 0.758. The van der Waals surface area contributed by atoms with Crippen LogP contribution in [0.5, 0.6) is 0 Å². The summed E-state index contributed by atoms with van der Waals surface area (Å²) >= 11 is 6.04. The molecule has 1 heterocycles. The van der Waals surface area contributed by atoms with Crippen LogP contribution in [0.4, 0.5) is 0 Å². The lowest BCUT2D eigenvalue weighted by Crippen LogP contribution is -2.52. The van der Waals surface area contributed by atoms with E-state index in [1.54, 1.807) is 29.2 Å². The molecule has 9 heteroatoms. The second-order valence-corrected chi connectivity index (χ2v) is 9.51. The van der Waals surface area contributed by atoms with Crippen LogP contribution in [0.2, 0.25) is 5.02 Å². The van der Waals surface area contributed by atoms with Gasteiger partial charge in [0.05, 0.1) is 11.6 Å². The Morgan fingerprint density at radius 2 is 1.67 bits per heavy atom. The molecule has 30 heavy (non-hydrogen) atoms. The lowest BCUT2D eigenvalue weighted by Gasteiger charge is -2.34. The molecular formula is C21H24ClN3O4S. The molecule has 7 nitrogen and oxygen atoms in total. The van der Waals surface area contributed by atoms with E-state index in [1.807, 2.05) is 19.9 Å². The van der Waals surface area contributed by atoms with E-state index in [2.05, 4.69) is 5.32 Å². The Morgan fingerprint density at radius 3 is 2.30 bits per heavy atom. The van der Waals surface area contributed by atoms with Crippen molar-refractivity contribution in [1.82, 2.24) is 14.5 Å². The maximum Gasteiger partial charge on any atom is 0.251 e. The van der Waals surface area contributed by atoms with Crippen LogP contribution < -0.4 is 5.32 Å². The van der Waals surface area contributed by atoms with Crippen LogP contribution in [0.1, 0.15) is 21.5 Å². The summed E-state index contributed by atoms with van der Waals surface area (Å²) in [5, 5.41) is 2.81. The first-order valence-corrected chi connectivity index (χ1v) is 11.4. The molecule has 1 aliphatic rings. The summed E-state index contributed by atoms with van der Waals surface area (Å²) < 4.78 is 26.9. The molecule has 2 aromatic rings. The van der Waals surface area contributed by atoms with Gasteiger partial charge >= 0.3 is 0 Å². The van der Waals surface area contributed by atoms with Gasteiger partial charge in [0.2, 0.25) is 15.9 Å². The van der Waals surface area contributed by atoms with Gasteiger partial charge < -0.3 is 10.2 Å². The van der Waals surface area contributed by atoms with Crippen LogP contribution in [0.3, 0.4) is 0 Å². The SMILES string of the molecule is Cc1ccc(C(=O)NCC(=O)N2CCN(S(=O)(=O)c3ccccc3Cl)CC2)cc1C. The van der Waals surface area contributed by atoms with E-state index in [0.717, 1.165) is 11.1 Å². The molecule has 1 fully saturated rings. The van der Waals surface area contributed by atoms with Crippen LogP contribution in [0.25, 0.3) is 0 Å². The molecule has 2 amide bonds. The number of carbonyl (C=O) groups is 2. The molecule has 1 aliphatic heterocycles. The number of amides is 2. The lowest BCUT2D eigenvalue weighted by atomic mass is 10.1. The molecule has 0 spiro atoms. The third-order valence-corrected chi connectivity index (χ3v) is 7.61. The Labute approximate surface area is 181 Å². The molecule has 0 atom stereocenters. The van der Waals surface area contributed by atoms with E-state index in [1.165, 1.54) is 16.4 Å². The molecule has 160 valence electrons. The molecule has 0 radical (unpaired) electrons. The van der Waals surface area contributed by atoms with Crippen molar-refractivity contribution < 1.29 is 18.0 Å². The average molecular weight is 450 g/mol. The molecule has 0 unspecified atom stereocenters. The Bertz CT molecular complexity index is 1060. The molecule has 1 saturated heterocycles. The molecule has 3 rings (SSSR count). The summed E-state index contributed by atoms with van der Waals surface area (Å²) in [6, 6.07) is 11.7. The molecule has 2 aromatic carbocycles. The van der Waals surface area contributed by atoms with Gasteiger partial charge in [0, 0.05) is 31.7 Å². The van der Waals surface area contributed by atoms with Crippen molar-refractivity contribution in [2.24, 2.45) is 0 Å². The predicted octanol–water partition coefficient (Wildman–Crippen LogP) is 2.22. The number of nitrogens with one attached hydrogen (secondary N) is 1. The van der Waals surface area contributed by atoms with Crippen molar-refractivity contribution in [2.75, 3.05) is 32.7 Å². The molecule has 0 aromatic heterocycles. The van der Waals surface area contributed by atoms with Crippen molar-refractivity contribution in [1.29, 1.82) is 0 Å². The van der Waals surface area contributed by atoms with Crippen LogP contribution in [-0.4, -0.2) is 62.2 Å². The van der Waals surface area contributed by atoms with Crippen molar-refractivity contribution in [3.8, 4) is 0 Å². The third-order valence-electron chi connectivity index (χ3n) is 5.22. The van der Waals surface area contributed by atoms with Gasteiger partial charge in [0.15, 0.2) is 0 Å². The van der Waals surface area contributed by atoms with Gasteiger partial charge in [0.25, 0.3) is 5.91 Å². The minimum atomic E-state index is -3.72. The Kier molecular flexibility index (Phi) is 6.80. The topological polar surface area (TPSA) is 86.8 Å².